The Hall–Kier alpha value is -0.650. The summed E-state index contributed by atoms with van der Waals surface area (Å²) in [6.45, 7) is 7.09. The van der Waals surface area contributed by atoms with Crippen molar-refractivity contribution in [1.29, 1.82) is 0 Å². The third-order valence-electron chi connectivity index (χ3n) is 3.38. The average Bonchev–Trinajstić information content (AvgIpc) is 2.15. The zero-order valence-corrected chi connectivity index (χ0v) is 9.62. The summed E-state index contributed by atoms with van der Waals surface area (Å²) in [5, 5.41) is 23.8. The first-order chi connectivity index (χ1) is 6.86. The van der Waals surface area contributed by atoms with Gasteiger partial charge in [-0.25, -0.2) is 0 Å². The van der Waals surface area contributed by atoms with Crippen molar-refractivity contribution in [1.82, 2.24) is 5.32 Å². The number of carbonyl (C=O) groups is 1. The zero-order chi connectivity index (χ0) is 11.7. The van der Waals surface area contributed by atoms with Gasteiger partial charge in [-0.3, -0.25) is 4.48 Å². The molecule has 5 nitrogen and oxygen atoms in total. The molecule has 0 saturated carbocycles. The number of rotatable bonds is 1. The van der Waals surface area contributed by atoms with E-state index in [-0.39, 0.29) is 17.1 Å². The molecule has 1 aliphatic heterocycles. The molecule has 0 aliphatic carbocycles. The lowest BCUT2D eigenvalue weighted by molar-refractivity contribution is -0.943. The number of carboxylic acid groups (broad SMARTS) is 1. The first-order valence-electron chi connectivity index (χ1n) is 5.27. The van der Waals surface area contributed by atoms with Crippen molar-refractivity contribution < 1.29 is 19.5 Å². The quantitative estimate of drug-likeness (QED) is 0.546. The van der Waals surface area contributed by atoms with Crippen LogP contribution in [0.4, 0.5) is 4.79 Å². The van der Waals surface area contributed by atoms with Crippen LogP contribution in [0.5, 0.6) is 0 Å². The third-order valence-corrected chi connectivity index (χ3v) is 3.38. The van der Waals surface area contributed by atoms with Crippen LogP contribution in [-0.4, -0.2) is 53.5 Å². The van der Waals surface area contributed by atoms with Crippen molar-refractivity contribution in [2.24, 2.45) is 0 Å². The Balaban J connectivity index is 3.12. The van der Waals surface area contributed by atoms with Crippen LogP contribution < -0.4 is 10.4 Å². The number of aliphatic hydroxyl groups is 1. The molecule has 1 rings (SSSR count). The van der Waals surface area contributed by atoms with E-state index in [0.29, 0.717) is 19.6 Å². The SMILES string of the molecule is CC(C)(C)[N+]1(C(=O)[O-])CCNC[C@@H]1CO. The summed E-state index contributed by atoms with van der Waals surface area (Å²) in [5.74, 6) is 0. The molecule has 0 aromatic rings. The number of piperazine rings is 1. The Morgan fingerprint density at radius 1 is 1.60 bits per heavy atom. The predicted octanol–water partition coefficient (Wildman–Crippen LogP) is -1.09. The topological polar surface area (TPSA) is 72.4 Å². The van der Waals surface area contributed by atoms with Gasteiger partial charge in [0, 0.05) is 6.54 Å². The van der Waals surface area contributed by atoms with E-state index in [9.17, 15) is 15.0 Å². The van der Waals surface area contributed by atoms with E-state index >= 15 is 0 Å². The fraction of sp³-hybridized carbons (Fsp3) is 0.900. The van der Waals surface area contributed by atoms with E-state index in [1.807, 2.05) is 20.8 Å². The predicted molar refractivity (Wildman–Crippen MR) is 54.0 cm³/mol. The van der Waals surface area contributed by atoms with Gasteiger partial charge in [-0.1, -0.05) is 0 Å². The molecule has 2 atom stereocenters. The van der Waals surface area contributed by atoms with E-state index in [1.54, 1.807) is 0 Å². The van der Waals surface area contributed by atoms with Crippen LogP contribution >= 0.6 is 0 Å². The number of amides is 1. The van der Waals surface area contributed by atoms with Crippen molar-refractivity contribution in [3.8, 4) is 0 Å². The van der Waals surface area contributed by atoms with Crippen LogP contribution in [0.15, 0.2) is 0 Å². The molecule has 1 heterocycles. The first kappa shape index (κ1) is 12.4. The van der Waals surface area contributed by atoms with Gasteiger partial charge in [0.25, 0.3) is 6.09 Å². The number of carbonyl (C=O) groups excluding carboxylic acids is 1. The second kappa shape index (κ2) is 4.08. The molecule has 2 N–H and O–H groups in total. The first-order valence-corrected chi connectivity index (χ1v) is 5.27. The Morgan fingerprint density at radius 2 is 2.20 bits per heavy atom. The van der Waals surface area contributed by atoms with E-state index < -0.39 is 11.6 Å². The van der Waals surface area contributed by atoms with E-state index in [4.69, 9.17) is 0 Å². The third kappa shape index (κ3) is 1.87. The highest BCUT2D eigenvalue weighted by atomic mass is 16.4. The van der Waals surface area contributed by atoms with E-state index in [1.165, 1.54) is 0 Å². The second-order valence-electron chi connectivity index (χ2n) is 5.07. The highest BCUT2D eigenvalue weighted by Gasteiger charge is 2.49. The number of quaternary nitrogens is 1. The maximum atomic E-state index is 11.4. The fourth-order valence-corrected chi connectivity index (χ4v) is 2.46. The summed E-state index contributed by atoms with van der Waals surface area (Å²) >= 11 is 0. The van der Waals surface area contributed by atoms with Gasteiger partial charge in [-0.15, -0.1) is 0 Å². The lowest BCUT2D eigenvalue weighted by atomic mass is 9.96. The number of hydrogen-bond acceptors (Lipinski definition) is 4. The zero-order valence-electron chi connectivity index (χ0n) is 9.62. The lowest BCUT2D eigenvalue weighted by Crippen LogP contribution is -2.77. The summed E-state index contributed by atoms with van der Waals surface area (Å²) in [6, 6.07) is -0.330. The molecule has 5 heteroatoms. The Morgan fingerprint density at radius 3 is 2.53 bits per heavy atom. The highest BCUT2D eigenvalue weighted by molar-refractivity contribution is 5.55. The molecule has 1 saturated heterocycles. The van der Waals surface area contributed by atoms with Crippen LogP contribution in [0.2, 0.25) is 0 Å². The standard InChI is InChI=1S/C10H20N2O3/c1-10(2,3)12(9(14)15)5-4-11-6-8(12)7-13/h8,11,13H,4-7H2,1-3H3/t8-,12?/m1/s1. The molecular formula is C10H20N2O3. The van der Waals surface area contributed by atoms with Gasteiger partial charge >= 0.3 is 0 Å². The summed E-state index contributed by atoms with van der Waals surface area (Å²) in [6.07, 6.45) is -1.09. The Kier molecular flexibility index (Phi) is 3.38. The summed E-state index contributed by atoms with van der Waals surface area (Å²) in [5.41, 5.74) is -0.464. The van der Waals surface area contributed by atoms with Crippen molar-refractivity contribution in [3.05, 3.63) is 0 Å². The molecule has 88 valence electrons. The van der Waals surface area contributed by atoms with Gasteiger partial charge in [0.15, 0.2) is 0 Å². The maximum Gasteiger partial charge on any atom is 0.258 e. The number of aliphatic hydroxyl groups excluding tert-OH is 1. The Labute approximate surface area is 90.3 Å². The van der Waals surface area contributed by atoms with Gasteiger partial charge < -0.3 is 20.3 Å². The molecule has 0 spiro atoms. The minimum absolute atomic E-state index is 0.141. The normalized spacial score (nSPS) is 32.7. The van der Waals surface area contributed by atoms with Crippen molar-refractivity contribution >= 4 is 6.09 Å². The summed E-state index contributed by atoms with van der Waals surface area (Å²) < 4.78 is -0.170. The summed E-state index contributed by atoms with van der Waals surface area (Å²) in [4.78, 5) is 11.4. The van der Waals surface area contributed by atoms with E-state index in [0.717, 1.165) is 0 Å². The van der Waals surface area contributed by atoms with Crippen LogP contribution in [0.25, 0.3) is 0 Å². The largest absolute Gasteiger partial charge is 0.498 e. The van der Waals surface area contributed by atoms with Crippen molar-refractivity contribution in [2.75, 3.05) is 26.2 Å². The molecule has 1 amide bonds. The van der Waals surface area contributed by atoms with Crippen molar-refractivity contribution in [2.45, 2.75) is 32.4 Å². The lowest BCUT2D eigenvalue weighted by Gasteiger charge is -2.54. The number of nitrogens with zero attached hydrogens (tertiary/aromatic N) is 1. The molecule has 0 bridgehead atoms. The monoisotopic (exact) mass is 216 g/mol. The number of nitrogens with one attached hydrogen (secondary N) is 1. The fourth-order valence-electron chi connectivity index (χ4n) is 2.46. The highest BCUT2D eigenvalue weighted by Crippen LogP contribution is 2.29. The minimum atomic E-state index is -1.09. The second-order valence-corrected chi connectivity index (χ2v) is 5.07. The smallest absolute Gasteiger partial charge is 0.258 e. The molecular weight excluding hydrogens is 196 g/mol. The van der Waals surface area contributed by atoms with Gasteiger partial charge in [0.05, 0.1) is 25.2 Å². The van der Waals surface area contributed by atoms with Crippen LogP contribution in [-0.2, 0) is 0 Å². The molecule has 0 aromatic carbocycles. The molecule has 1 fully saturated rings. The van der Waals surface area contributed by atoms with Crippen LogP contribution in [0, 0.1) is 0 Å². The van der Waals surface area contributed by atoms with Gasteiger partial charge in [-0.2, -0.15) is 0 Å². The Bertz CT molecular complexity index is 250. The molecule has 1 unspecified atom stereocenters. The minimum Gasteiger partial charge on any atom is -0.498 e. The molecule has 15 heavy (non-hydrogen) atoms. The van der Waals surface area contributed by atoms with Crippen LogP contribution in [0.1, 0.15) is 20.8 Å². The van der Waals surface area contributed by atoms with Gasteiger partial charge in [0.1, 0.15) is 6.04 Å². The molecule has 0 radical (unpaired) electrons. The van der Waals surface area contributed by atoms with Gasteiger partial charge in [0.2, 0.25) is 0 Å². The van der Waals surface area contributed by atoms with Crippen molar-refractivity contribution in [3.63, 3.8) is 0 Å². The van der Waals surface area contributed by atoms with Crippen LogP contribution in [0.3, 0.4) is 0 Å². The molecule has 1 aliphatic rings. The number of hydrogen-bond donors (Lipinski definition) is 2. The average molecular weight is 216 g/mol. The van der Waals surface area contributed by atoms with E-state index in [2.05, 4.69) is 5.32 Å². The van der Waals surface area contributed by atoms with Gasteiger partial charge in [-0.05, 0) is 20.8 Å². The summed E-state index contributed by atoms with van der Waals surface area (Å²) in [7, 11) is 0. The molecule has 0 aromatic heterocycles. The maximum absolute atomic E-state index is 11.4.